The van der Waals surface area contributed by atoms with Crippen molar-refractivity contribution in [3.8, 4) is 5.75 Å². The van der Waals surface area contributed by atoms with Crippen molar-refractivity contribution in [2.24, 2.45) is 0 Å². The summed E-state index contributed by atoms with van der Waals surface area (Å²) in [5.41, 5.74) is 0.769. The minimum Gasteiger partial charge on any atom is -0.494 e. The first-order valence-electron chi connectivity index (χ1n) is 7.31. The van der Waals surface area contributed by atoms with E-state index in [0.717, 1.165) is 38.0 Å². The van der Waals surface area contributed by atoms with Crippen molar-refractivity contribution in [1.82, 2.24) is 5.32 Å². The normalized spacial score (nSPS) is 18.7. The van der Waals surface area contributed by atoms with Gasteiger partial charge in [0.05, 0.1) is 12.2 Å². The molecule has 1 saturated carbocycles. The van der Waals surface area contributed by atoms with E-state index in [4.69, 9.17) is 4.74 Å². The molecule has 19 heavy (non-hydrogen) atoms. The first-order valence-corrected chi connectivity index (χ1v) is 7.31. The second-order valence-corrected chi connectivity index (χ2v) is 5.60. The minimum atomic E-state index is -0.460. The molecule has 0 saturated heterocycles. The van der Waals surface area contributed by atoms with Crippen molar-refractivity contribution in [3.63, 3.8) is 0 Å². The lowest BCUT2D eigenvalue weighted by atomic mass is 9.80. The molecule has 0 amide bonds. The topological polar surface area (TPSA) is 41.5 Å². The van der Waals surface area contributed by atoms with Crippen LogP contribution >= 0.6 is 0 Å². The van der Waals surface area contributed by atoms with E-state index >= 15 is 0 Å². The van der Waals surface area contributed by atoms with Crippen molar-refractivity contribution in [2.45, 2.75) is 51.2 Å². The highest BCUT2D eigenvalue weighted by atomic mass is 16.5. The highest BCUT2D eigenvalue weighted by Crippen LogP contribution is 2.31. The van der Waals surface area contributed by atoms with E-state index < -0.39 is 5.60 Å². The predicted molar refractivity (Wildman–Crippen MR) is 77.4 cm³/mol. The molecule has 2 rings (SSSR count). The number of rotatable bonds is 7. The Morgan fingerprint density at radius 2 is 2.00 bits per heavy atom. The molecule has 1 unspecified atom stereocenters. The van der Waals surface area contributed by atoms with Gasteiger partial charge in [-0.05, 0) is 50.3 Å². The van der Waals surface area contributed by atoms with Crippen molar-refractivity contribution < 1.29 is 9.84 Å². The average molecular weight is 263 g/mol. The van der Waals surface area contributed by atoms with Crippen LogP contribution in [0.1, 0.15) is 51.1 Å². The summed E-state index contributed by atoms with van der Waals surface area (Å²) in [7, 11) is 0. The van der Waals surface area contributed by atoms with Gasteiger partial charge in [0.1, 0.15) is 5.75 Å². The summed E-state index contributed by atoms with van der Waals surface area (Å²) in [6, 6.07) is 8.47. The van der Waals surface area contributed by atoms with Crippen LogP contribution < -0.4 is 10.1 Å². The number of aliphatic hydroxyl groups is 1. The maximum atomic E-state index is 10.1. The summed E-state index contributed by atoms with van der Waals surface area (Å²) in [4.78, 5) is 0. The molecule has 0 aromatic heterocycles. The molecule has 106 valence electrons. The van der Waals surface area contributed by atoms with E-state index in [1.165, 1.54) is 5.56 Å². The lowest BCUT2D eigenvalue weighted by Crippen LogP contribution is -2.46. The van der Waals surface area contributed by atoms with Crippen LogP contribution in [0, 0.1) is 0 Å². The lowest BCUT2D eigenvalue weighted by molar-refractivity contribution is -0.0329. The summed E-state index contributed by atoms with van der Waals surface area (Å²) < 4.78 is 5.57. The van der Waals surface area contributed by atoms with E-state index in [2.05, 4.69) is 31.3 Å². The molecule has 2 N–H and O–H groups in total. The first kappa shape index (κ1) is 14.4. The average Bonchev–Trinajstić information content (AvgIpc) is 2.41. The fourth-order valence-corrected chi connectivity index (χ4v) is 2.30. The Balaban J connectivity index is 1.82. The van der Waals surface area contributed by atoms with Gasteiger partial charge in [-0.2, -0.15) is 0 Å². The molecule has 0 aliphatic heterocycles. The van der Waals surface area contributed by atoms with Gasteiger partial charge < -0.3 is 15.2 Å². The van der Waals surface area contributed by atoms with Crippen molar-refractivity contribution in [1.29, 1.82) is 0 Å². The molecule has 1 aliphatic carbocycles. The molecule has 1 atom stereocenters. The Kier molecular flexibility index (Phi) is 4.83. The van der Waals surface area contributed by atoms with E-state index in [-0.39, 0.29) is 6.04 Å². The molecule has 0 spiro atoms. The van der Waals surface area contributed by atoms with Crippen LogP contribution in [0.4, 0.5) is 0 Å². The second kappa shape index (κ2) is 6.40. The summed E-state index contributed by atoms with van der Waals surface area (Å²) in [5, 5.41) is 13.5. The largest absolute Gasteiger partial charge is 0.494 e. The highest BCUT2D eigenvalue weighted by Gasteiger charge is 2.34. The fourth-order valence-electron chi connectivity index (χ4n) is 2.30. The Morgan fingerprint density at radius 3 is 2.53 bits per heavy atom. The number of nitrogens with one attached hydrogen (secondary N) is 1. The van der Waals surface area contributed by atoms with Gasteiger partial charge in [-0.3, -0.25) is 0 Å². The second-order valence-electron chi connectivity index (χ2n) is 5.60. The summed E-state index contributed by atoms with van der Waals surface area (Å²) in [6.07, 6.45) is 4.03. The van der Waals surface area contributed by atoms with Crippen LogP contribution in [-0.2, 0) is 0 Å². The number of hydrogen-bond donors (Lipinski definition) is 2. The zero-order valence-corrected chi connectivity index (χ0v) is 12.0. The van der Waals surface area contributed by atoms with Crippen LogP contribution in [-0.4, -0.2) is 23.9 Å². The first-order chi connectivity index (χ1) is 9.13. The molecule has 1 aliphatic rings. The standard InChI is InChI=1S/C16H25NO2/c1-3-11-19-15-7-5-14(6-8-15)13(2)17-12-16(18)9-4-10-16/h5-8,13,17-18H,3-4,9-12H2,1-2H3. The molecule has 1 aromatic rings. The summed E-state index contributed by atoms with van der Waals surface area (Å²) >= 11 is 0. The molecular formula is C16H25NO2. The summed E-state index contributed by atoms with van der Waals surface area (Å²) in [5.74, 6) is 0.926. The lowest BCUT2D eigenvalue weighted by Gasteiger charge is -2.37. The van der Waals surface area contributed by atoms with Crippen molar-refractivity contribution >= 4 is 0 Å². The smallest absolute Gasteiger partial charge is 0.119 e. The Morgan fingerprint density at radius 1 is 1.32 bits per heavy atom. The molecular weight excluding hydrogens is 238 g/mol. The molecule has 3 heteroatoms. The molecule has 1 aromatic carbocycles. The van der Waals surface area contributed by atoms with Gasteiger partial charge in [0.15, 0.2) is 0 Å². The van der Waals surface area contributed by atoms with Gasteiger partial charge in [-0.15, -0.1) is 0 Å². The van der Waals surface area contributed by atoms with E-state index in [1.807, 2.05) is 12.1 Å². The zero-order chi connectivity index (χ0) is 13.7. The van der Waals surface area contributed by atoms with Gasteiger partial charge in [0.2, 0.25) is 0 Å². The number of ether oxygens (including phenoxy) is 1. The van der Waals surface area contributed by atoms with E-state index in [9.17, 15) is 5.11 Å². The highest BCUT2D eigenvalue weighted by molar-refractivity contribution is 5.29. The summed E-state index contributed by atoms with van der Waals surface area (Å²) in [6.45, 7) is 5.68. The van der Waals surface area contributed by atoms with Crippen LogP contribution in [0.2, 0.25) is 0 Å². The van der Waals surface area contributed by atoms with Crippen LogP contribution in [0.15, 0.2) is 24.3 Å². The van der Waals surface area contributed by atoms with Gasteiger partial charge >= 0.3 is 0 Å². The monoisotopic (exact) mass is 263 g/mol. The fraction of sp³-hybridized carbons (Fsp3) is 0.625. The number of hydrogen-bond acceptors (Lipinski definition) is 3. The van der Waals surface area contributed by atoms with Gasteiger partial charge in [-0.1, -0.05) is 19.1 Å². The van der Waals surface area contributed by atoms with Gasteiger partial charge in [0.25, 0.3) is 0 Å². The predicted octanol–water partition coefficient (Wildman–Crippen LogP) is 3.04. The quantitative estimate of drug-likeness (QED) is 0.794. The van der Waals surface area contributed by atoms with Crippen molar-refractivity contribution in [2.75, 3.05) is 13.2 Å². The number of benzene rings is 1. The molecule has 0 bridgehead atoms. The van der Waals surface area contributed by atoms with Crippen LogP contribution in [0.3, 0.4) is 0 Å². The molecule has 3 nitrogen and oxygen atoms in total. The maximum absolute atomic E-state index is 10.1. The Labute approximate surface area is 116 Å². The SMILES string of the molecule is CCCOc1ccc(C(C)NCC2(O)CCC2)cc1. The third-order valence-electron chi connectivity index (χ3n) is 3.87. The van der Waals surface area contributed by atoms with E-state index in [1.54, 1.807) is 0 Å². The maximum Gasteiger partial charge on any atom is 0.119 e. The minimum absolute atomic E-state index is 0.254. The molecule has 0 heterocycles. The van der Waals surface area contributed by atoms with Gasteiger partial charge in [-0.25, -0.2) is 0 Å². The molecule has 0 radical (unpaired) electrons. The third-order valence-corrected chi connectivity index (χ3v) is 3.87. The zero-order valence-electron chi connectivity index (χ0n) is 12.0. The third kappa shape index (κ3) is 3.95. The molecule has 1 fully saturated rings. The Hall–Kier alpha value is -1.06. The van der Waals surface area contributed by atoms with Crippen LogP contribution in [0.5, 0.6) is 5.75 Å². The Bertz CT molecular complexity index is 384. The van der Waals surface area contributed by atoms with E-state index in [0.29, 0.717) is 6.54 Å². The van der Waals surface area contributed by atoms with Crippen molar-refractivity contribution in [3.05, 3.63) is 29.8 Å². The van der Waals surface area contributed by atoms with Gasteiger partial charge in [0, 0.05) is 12.6 Å². The van der Waals surface area contributed by atoms with Crippen LogP contribution in [0.25, 0.3) is 0 Å².